The first-order valence-electron chi connectivity index (χ1n) is 10.4. The number of nitrogens with one attached hydrogen (secondary N) is 2. The van der Waals surface area contributed by atoms with Crippen LogP contribution < -0.4 is 10.7 Å². The molecule has 0 unspecified atom stereocenters. The molecule has 2 aromatic rings. The van der Waals surface area contributed by atoms with Gasteiger partial charge in [-0.2, -0.15) is 5.01 Å². The molecule has 1 aromatic carbocycles. The Kier molecular flexibility index (Phi) is 6.43. The minimum atomic E-state index is -2.99. The molecule has 2 aliphatic rings. The highest BCUT2D eigenvalue weighted by Gasteiger charge is 2.52. The fourth-order valence-electron chi connectivity index (χ4n) is 3.98. The van der Waals surface area contributed by atoms with Crippen molar-refractivity contribution in [3.63, 3.8) is 0 Å². The van der Waals surface area contributed by atoms with Gasteiger partial charge in [0.2, 0.25) is 11.8 Å². The summed E-state index contributed by atoms with van der Waals surface area (Å²) in [5, 5.41) is 11.3. The molecule has 4 rings (SSSR count). The number of sulfone groups is 1. The van der Waals surface area contributed by atoms with Crippen LogP contribution in [0.1, 0.15) is 31.2 Å². The maximum atomic E-state index is 13.0. The van der Waals surface area contributed by atoms with Crippen molar-refractivity contribution in [1.29, 1.82) is 0 Å². The average Bonchev–Trinajstić information content (AvgIpc) is 3.45. The summed E-state index contributed by atoms with van der Waals surface area (Å²) < 4.78 is 28.6. The van der Waals surface area contributed by atoms with E-state index >= 15 is 0 Å². The van der Waals surface area contributed by atoms with Crippen LogP contribution in [0.2, 0.25) is 0 Å². The predicted octanol–water partition coefficient (Wildman–Crippen LogP) is 1.03. The van der Waals surface area contributed by atoms with Crippen LogP contribution in [0.5, 0.6) is 0 Å². The highest BCUT2D eigenvalue weighted by Crippen LogP contribution is 2.31. The monoisotopic (exact) mass is 493 g/mol. The summed E-state index contributed by atoms with van der Waals surface area (Å²) in [7, 11) is -2.99. The second kappa shape index (κ2) is 9.14. The Balaban J connectivity index is 1.33. The van der Waals surface area contributed by atoms with E-state index in [1.807, 2.05) is 6.07 Å². The highest BCUT2D eigenvalue weighted by atomic mass is 32.2. The number of carbonyl (C=O) groups is 3. The third kappa shape index (κ3) is 4.88. The van der Waals surface area contributed by atoms with Gasteiger partial charge in [0.15, 0.2) is 9.84 Å². The molecule has 2 fully saturated rings. The molecule has 1 aromatic heterocycles. The third-order valence-corrected chi connectivity index (χ3v) is 8.35. The van der Waals surface area contributed by atoms with Crippen LogP contribution in [0.15, 0.2) is 40.0 Å². The van der Waals surface area contributed by atoms with E-state index in [-0.39, 0.29) is 28.4 Å². The summed E-state index contributed by atoms with van der Waals surface area (Å²) in [6, 6.07) is 8.14. The van der Waals surface area contributed by atoms with E-state index in [1.54, 1.807) is 31.2 Å². The molecule has 176 valence electrons. The quantitative estimate of drug-likeness (QED) is 0.406. The van der Waals surface area contributed by atoms with Gasteiger partial charge in [0.25, 0.3) is 11.1 Å². The number of amides is 4. The Morgan fingerprint density at radius 3 is 2.73 bits per heavy atom. The molecule has 2 aliphatic heterocycles. The van der Waals surface area contributed by atoms with Crippen molar-refractivity contribution in [2.45, 2.75) is 36.9 Å². The fourth-order valence-corrected chi connectivity index (χ4v) is 6.42. The Hall–Kier alpha value is -2.93. The standard InChI is InChI=1S/C20H23N5O6S2/c1-2-20(14-6-4-3-5-7-14)17(27)25(18(28)21-20)24-15(26)11-32-19-23-22-16(31-19)10-13-8-9-33(29,30)12-13/h3-7,13H,2,8-12H2,1H3,(H,21,28)(H,24,26)/t13-,20-/m1/s1. The number of thioether (sulfide) groups is 1. The lowest BCUT2D eigenvalue weighted by molar-refractivity contribution is -0.138. The van der Waals surface area contributed by atoms with Crippen molar-refractivity contribution in [3.05, 3.63) is 41.8 Å². The summed E-state index contributed by atoms with van der Waals surface area (Å²) in [5.74, 6) is -0.796. The highest BCUT2D eigenvalue weighted by molar-refractivity contribution is 7.99. The zero-order valence-electron chi connectivity index (χ0n) is 17.8. The van der Waals surface area contributed by atoms with E-state index in [0.717, 1.165) is 11.8 Å². The van der Waals surface area contributed by atoms with Crippen molar-refractivity contribution in [1.82, 2.24) is 25.9 Å². The van der Waals surface area contributed by atoms with Gasteiger partial charge >= 0.3 is 6.03 Å². The number of carbonyl (C=O) groups excluding carboxylic acids is 3. The fraction of sp³-hybridized carbons (Fsp3) is 0.450. The van der Waals surface area contributed by atoms with E-state index in [4.69, 9.17) is 4.42 Å². The van der Waals surface area contributed by atoms with Crippen LogP contribution in [0.3, 0.4) is 0 Å². The second-order valence-corrected chi connectivity index (χ2v) is 11.1. The first-order valence-corrected chi connectivity index (χ1v) is 13.2. The van der Waals surface area contributed by atoms with Gasteiger partial charge in [-0.3, -0.25) is 15.0 Å². The van der Waals surface area contributed by atoms with Gasteiger partial charge in [-0.1, -0.05) is 49.0 Å². The van der Waals surface area contributed by atoms with Crippen LogP contribution in [0.25, 0.3) is 0 Å². The number of hydrazine groups is 1. The second-order valence-electron chi connectivity index (χ2n) is 7.95. The van der Waals surface area contributed by atoms with E-state index in [2.05, 4.69) is 20.9 Å². The number of aromatic nitrogens is 2. The molecule has 13 heteroatoms. The van der Waals surface area contributed by atoms with Crippen molar-refractivity contribution in [2.24, 2.45) is 5.92 Å². The van der Waals surface area contributed by atoms with E-state index in [0.29, 0.717) is 35.7 Å². The van der Waals surface area contributed by atoms with E-state index in [9.17, 15) is 22.8 Å². The lowest BCUT2D eigenvalue weighted by Crippen LogP contribution is -2.49. The SMILES string of the molecule is CC[C@]1(c2ccccc2)NC(=O)N(NC(=O)CSc2nnc(C[C@H]3CCS(=O)(=O)C3)o2)C1=O. The molecule has 11 nitrogen and oxygen atoms in total. The maximum absolute atomic E-state index is 13.0. The van der Waals surface area contributed by atoms with Crippen molar-refractivity contribution in [2.75, 3.05) is 17.3 Å². The number of rotatable bonds is 8. The molecule has 2 atom stereocenters. The van der Waals surface area contributed by atoms with Crippen LogP contribution in [-0.4, -0.2) is 58.7 Å². The Morgan fingerprint density at radius 1 is 1.30 bits per heavy atom. The number of nitrogens with zero attached hydrogens (tertiary/aromatic N) is 3. The summed E-state index contributed by atoms with van der Waals surface area (Å²) in [5.41, 5.74) is 1.73. The van der Waals surface area contributed by atoms with Crippen LogP contribution in [0, 0.1) is 5.92 Å². The van der Waals surface area contributed by atoms with Crippen molar-refractivity contribution in [3.8, 4) is 0 Å². The maximum Gasteiger partial charge on any atom is 0.344 e. The zero-order chi connectivity index (χ0) is 23.6. The van der Waals surface area contributed by atoms with Gasteiger partial charge in [0, 0.05) is 6.42 Å². The molecule has 2 saturated heterocycles. The zero-order valence-corrected chi connectivity index (χ0v) is 19.4. The van der Waals surface area contributed by atoms with Gasteiger partial charge < -0.3 is 9.73 Å². The first kappa shape index (κ1) is 23.2. The molecule has 4 amide bonds. The molecule has 0 saturated carbocycles. The number of hydrogen-bond acceptors (Lipinski definition) is 9. The minimum Gasteiger partial charge on any atom is -0.416 e. The Morgan fingerprint density at radius 2 is 2.06 bits per heavy atom. The minimum absolute atomic E-state index is 0.0558. The number of hydrogen-bond donors (Lipinski definition) is 2. The molecule has 33 heavy (non-hydrogen) atoms. The van der Waals surface area contributed by atoms with E-state index in [1.165, 1.54) is 0 Å². The first-order chi connectivity index (χ1) is 15.7. The summed E-state index contributed by atoms with van der Waals surface area (Å²) in [6.07, 6.45) is 1.24. The number of benzene rings is 1. The van der Waals surface area contributed by atoms with Crippen LogP contribution in [0.4, 0.5) is 4.79 Å². The van der Waals surface area contributed by atoms with Gasteiger partial charge in [0.1, 0.15) is 5.54 Å². The van der Waals surface area contributed by atoms with Crippen molar-refractivity contribution < 1.29 is 27.2 Å². The summed E-state index contributed by atoms with van der Waals surface area (Å²) >= 11 is 0.955. The van der Waals surface area contributed by atoms with Crippen molar-refractivity contribution >= 4 is 39.4 Å². The van der Waals surface area contributed by atoms with Gasteiger partial charge in [-0.15, -0.1) is 10.2 Å². The third-order valence-electron chi connectivity index (χ3n) is 5.69. The number of urea groups is 1. The molecule has 0 aliphatic carbocycles. The average molecular weight is 494 g/mol. The molecule has 0 spiro atoms. The van der Waals surface area contributed by atoms with Crippen LogP contribution >= 0.6 is 11.8 Å². The largest absolute Gasteiger partial charge is 0.416 e. The molecular weight excluding hydrogens is 470 g/mol. The normalized spacial score (nSPS) is 24.2. The molecule has 2 N–H and O–H groups in total. The molecule has 0 bridgehead atoms. The molecule has 0 radical (unpaired) electrons. The number of imide groups is 1. The van der Waals surface area contributed by atoms with Gasteiger partial charge in [0.05, 0.1) is 17.3 Å². The summed E-state index contributed by atoms with van der Waals surface area (Å²) in [4.78, 5) is 37.9. The lowest BCUT2D eigenvalue weighted by atomic mass is 9.87. The predicted molar refractivity (Wildman–Crippen MR) is 117 cm³/mol. The van der Waals surface area contributed by atoms with E-state index < -0.39 is 33.2 Å². The molecule has 3 heterocycles. The Bertz CT molecular complexity index is 1170. The topological polar surface area (TPSA) is 152 Å². The summed E-state index contributed by atoms with van der Waals surface area (Å²) in [6.45, 7) is 1.78. The molecular formula is C20H23N5O6S2. The van der Waals surface area contributed by atoms with Gasteiger partial charge in [-0.05, 0) is 24.3 Å². The van der Waals surface area contributed by atoms with Gasteiger partial charge in [-0.25, -0.2) is 13.2 Å². The van der Waals surface area contributed by atoms with Crippen LogP contribution in [-0.2, 0) is 31.4 Å². The lowest BCUT2D eigenvalue weighted by Gasteiger charge is -2.25. The smallest absolute Gasteiger partial charge is 0.344 e. The Labute approximate surface area is 194 Å².